The number of rotatable bonds is 5. The van der Waals surface area contributed by atoms with Gasteiger partial charge in [-0.3, -0.25) is 4.79 Å². The van der Waals surface area contributed by atoms with Crippen LogP contribution in [0.2, 0.25) is 0 Å². The summed E-state index contributed by atoms with van der Waals surface area (Å²) < 4.78 is 11.7. The second-order valence-electron chi connectivity index (χ2n) is 7.63. The molecule has 0 saturated carbocycles. The lowest BCUT2D eigenvalue weighted by Gasteiger charge is -2.07. The van der Waals surface area contributed by atoms with Gasteiger partial charge in [-0.25, -0.2) is 0 Å². The predicted molar refractivity (Wildman–Crippen MR) is 121 cm³/mol. The maximum Gasteiger partial charge on any atom is 0.232 e. The number of ether oxygens (including phenoxy) is 2. The van der Waals surface area contributed by atoms with E-state index in [4.69, 9.17) is 9.47 Å². The third-order valence-electron chi connectivity index (χ3n) is 5.00. The molecule has 0 spiro atoms. The first-order valence-electron chi connectivity index (χ1n) is 10.0. The Labute approximate surface area is 177 Å². The molecule has 0 aliphatic carbocycles. The smallest absolute Gasteiger partial charge is 0.232 e. The zero-order valence-electron chi connectivity index (χ0n) is 17.4. The first-order chi connectivity index (χ1) is 14.5. The molecule has 3 nitrogen and oxygen atoms in total. The summed E-state index contributed by atoms with van der Waals surface area (Å²) >= 11 is 0. The lowest BCUT2D eigenvalue weighted by atomic mass is 10.0. The Bertz CT molecular complexity index is 1130. The minimum Gasteiger partial charge on any atom is -0.489 e. The van der Waals surface area contributed by atoms with Crippen LogP contribution < -0.4 is 9.47 Å². The topological polar surface area (TPSA) is 35.5 Å². The Morgan fingerprint density at radius 1 is 0.967 bits per heavy atom. The molecule has 3 heteroatoms. The van der Waals surface area contributed by atoms with Crippen LogP contribution in [0.1, 0.15) is 35.3 Å². The van der Waals surface area contributed by atoms with Gasteiger partial charge in [-0.1, -0.05) is 60.2 Å². The highest BCUT2D eigenvalue weighted by atomic mass is 16.5. The van der Waals surface area contributed by atoms with Gasteiger partial charge in [0, 0.05) is 6.07 Å². The maximum atomic E-state index is 12.9. The van der Waals surface area contributed by atoms with Gasteiger partial charge < -0.3 is 9.47 Å². The number of fused-ring (bicyclic) bond motifs is 1. The Morgan fingerprint density at radius 3 is 2.37 bits per heavy atom. The molecule has 30 heavy (non-hydrogen) atoms. The van der Waals surface area contributed by atoms with Crippen LogP contribution in [0.5, 0.6) is 11.5 Å². The number of allylic oxidation sites excluding steroid dienone is 2. The van der Waals surface area contributed by atoms with E-state index in [2.05, 4.69) is 24.3 Å². The standard InChI is InChI=1S/C27H24O3/c1-18(2)13-14-29-23-15-19(3)26-24(17-23)30-25(27(26)28)16-20-9-11-22(12-10-20)21-7-5-4-6-8-21/h4-13,15-17H,14H2,1-3H3/b25-16-. The van der Waals surface area contributed by atoms with Gasteiger partial charge in [-0.15, -0.1) is 0 Å². The molecule has 150 valence electrons. The second-order valence-corrected chi connectivity index (χ2v) is 7.63. The molecule has 1 heterocycles. The Balaban J connectivity index is 1.55. The van der Waals surface area contributed by atoms with E-state index in [0.717, 1.165) is 22.3 Å². The summed E-state index contributed by atoms with van der Waals surface area (Å²) in [6.45, 7) is 6.46. The quantitative estimate of drug-likeness (QED) is 0.359. The first kappa shape index (κ1) is 19.7. The zero-order valence-corrected chi connectivity index (χ0v) is 17.4. The van der Waals surface area contributed by atoms with E-state index in [-0.39, 0.29) is 5.78 Å². The SMILES string of the molecule is CC(C)=CCOc1cc(C)c2c(c1)O/C(=C\c1ccc(-c3ccccc3)cc1)C2=O. The zero-order chi connectivity index (χ0) is 21.1. The maximum absolute atomic E-state index is 12.9. The molecule has 0 bridgehead atoms. The average molecular weight is 396 g/mol. The summed E-state index contributed by atoms with van der Waals surface area (Å²) in [4.78, 5) is 12.9. The first-order valence-corrected chi connectivity index (χ1v) is 10.0. The van der Waals surface area contributed by atoms with E-state index in [0.29, 0.717) is 29.4 Å². The Kier molecular flexibility index (Phi) is 5.53. The summed E-state index contributed by atoms with van der Waals surface area (Å²) in [5.41, 5.74) is 5.87. The van der Waals surface area contributed by atoms with E-state index >= 15 is 0 Å². The number of Topliss-reactive ketones (excluding diaryl/α,β-unsaturated/α-hetero) is 1. The minimum atomic E-state index is -0.0921. The number of carbonyl (C=O) groups excluding carboxylic acids is 1. The van der Waals surface area contributed by atoms with E-state index in [1.165, 1.54) is 5.57 Å². The highest BCUT2D eigenvalue weighted by Gasteiger charge is 2.30. The van der Waals surface area contributed by atoms with Crippen molar-refractivity contribution in [2.75, 3.05) is 6.61 Å². The van der Waals surface area contributed by atoms with Crippen molar-refractivity contribution in [3.63, 3.8) is 0 Å². The normalized spacial score (nSPS) is 13.7. The predicted octanol–water partition coefficient (Wildman–Crippen LogP) is 6.62. The molecule has 4 rings (SSSR count). The third kappa shape index (κ3) is 4.20. The van der Waals surface area contributed by atoms with Crippen LogP contribution in [0.15, 0.2) is 84.1 Å². The summed E-state index contributed by atoms with van der Waals surface area (Å²) in [5, 5.41) is 0. The van der Waals surface area contributed by atoms with Gasteiger partial charge in [-0.2, -0.15) is 0 Å². The molecule has 0 N–H and O–H groups in total. The minimum absolute atomic E-state index is 0.0921. The van der Waals surface area contributed by atoms with Crippen molar-refractivity contribution in [2.45, 2.75) is 20.8 Å². The van der Waals surface area contributed by atoms with Crippen molar-refractivity contribution in [3.8, 4) is 22.6 Å². The van der Waals surface area contributed by atoms with Gasteiger partial charge in [-0.05, 0) is 61.2 Å². The average Bonchev–Trinajstić information content (AvgIpc) is 3.04. The molecular formula is C27H24O3. The van der Waals surface area contributed by atoms with Crippen molar-refractivity contribution in [2.24, 2.45) is 0 Å². The van der Waals surface area contributed by atoms with Crippen LogP contribution >= 0.6 is 0 Å². The number of ketones is 1. The van der Waals surface area contributed by atoms with Crippen LogP contribution in [0.4, 0.5) is 0 Å². The van der Waals surface area contributed by atoms with Gasteiger partial charge in [0.2, 0.25) is 5.78 Å². The van der Waals surface area contributed by atoms with Crippen molar-refractivity contribution in [1.82, 2.24) is 0 Å². The number of aryl methyl sites for hydroxylation is 1. The fourth-order valence-electron chi connectivity index (χ4n) is 3.42. The summed E-state index contributed by atoms with van der Waals surface area (Å²) in [6, 6.07) is 22.0. The molecule has 0 amide bonds. The second kappa shape index (κ2) is 8.42. The molecule has 1 aliphatic heterocycles. The lowest BCUT2D eigenvalue weighted by Crippen LogP contribution is -2.00. The third-order valence-corrected chi connectivity index (χ3v) is 5.00. The molecule has 1 aliphatic rings. The van der Waals surface area contributed by atoms with E-state index in [1.54, 1.807) is 12.1 Å². The molecular weight excluding hydrogens is 372 g/mol. The Hall–Kier alpha value is -3.59. The van der Waals surface area contributed by atoms with Crippen molar-refractivity contribution in [1.29, 1.82) is 0 Å². The summed E-state index contributed by atoms with van der Waals surface area (Å²) in [5.74, 6) is 1.50. The van der Waals surface area contributed by atoms with Gasteiger partial charge in [0.1, 0.15) is 18.1 Å². The van der Waals surface area contributed by atoms with E-state index in [9.17, 15) is 4.79 Å². The molecule has 0 unspecified atom stereocenters. The number of carbonyl (C=O) groups is 1. The largest absolute Gasteiger partial charge is 0.489 e. The number of benzene rings is 3. The van der Waals surface area contributed by atoms with Crippen LogP contribution in [0, 0.1) is 6.92 Å². The van der Waals surface area contributed by atoms with Crippen LogP contribution in [-0.2, 0) is 0 Å². The van der Waals surface area contributed by atoms with Gasteiger partial charge in [0.15, 0.2) is 5.76 Å². The van der Waals surface area contributed by atoms with Crippen LogP contribution in [0.25, 0.3) is 17.2 Å². The molecule has 0 aromatic heterocycles. The number of hydrogen-bond donors (Lipinski definition) is 0. The van der Waals surface area contributed by atoms with Crippen molar-refractivity contribution >= 4 is 11.9 Å². The molecule has 0 atom stereocenters. The van der Waals surface area contributed by atoms with Crippen molar-refractivity contribution < 1.29 is 14.3 Å². The van der Waals surface area contributed by atoms with Gasteiger partial charge in [0.05, 0.1) is 5.56 Å². The number of hydrogen-bond acceptors (Lipinski definition) is 3. The molecule has 0 saturated heterocycles. The lowest BCUT2D eigenvalue weighted by molar-refractivity contribution is 0.101. The molecule has 3 aromatic rings. The van der Waals surface area contributed by atoms with E-state index in [1.807, 2.05) is 63.2 Å². The summed E-state index contributed by atoms with van der Waals surface area (Å²) in [7, 11) is 0. The molecule has 3 aromatic carbocycles. The van der Waals surface area contributed by atoms with Crippen molar-refractivity contribution in [3.05, 3.63) is 101 Å². The van der Waals surface area contributed by atoms with E-state index < -0.39 is 0 Å². The van der Waals surface area contributed by atoms with Gasteiger partial charge in [0.25, 0.3) is 0 Å². The van der Waals surface area contributed by atoms with Crippen LogP contribution in [0.3, 0.4) is 0 Å². The summed E-state index contributed by atoms with van der Waals surface area (Å²) in [6.07, 6.45) is 3.80. The Morgan fingerprint density at radius 2 is 1.67 bits per heavy atom. The highest BCUT2D eigenvalue weighted by Crippen LogP contribution is 2.37. The van der Waals surface area contributed by atoms with Gasteiger partial charge >= 0.3 is 0 Å². The monoisotopic (exact) mass is 396 g/mol. The fourth-order valence-corrected chi connectivity index (χ4v) is 3.42. The molecule has 0 fully saturated rings. The molecule has 0 radical (unpaired) electrons. The fraction of sp³-hybridized carbons (Fsp3) is 0.148. The highest BCUT2D eigenvalue weighted by molar-refractivity contribution is 6.15. The van der Waals surface area contributed by atoms with Crippen LogP contribution in [-0.4, -0.2) is 12.4 Å².